The summed E-state index contributed by atoms with van der Waals surface area (Å²) in [6.45, 7) is 0.578. The Hall–Kier alpha value is -1.31. The summed E-state index contributed by atoms with van der Waals surface area (Å²) in [6.07, 6.45) is 1.27. The van der Waals surface area contributed by atoms with Gasteiger partial charge in [0.1, 0.15) is 0 Å². The van der Waals surface area contributed by atoms with Gasteiger partial charge in [0.15, 0.2) is 0 Å². The molecule has 0 bridgehead atoms. The molecule has 0 radical (unpaired) electrons. The van der Waals surface area contributed by atoms with Gasteiger partial charge in [0.05, 0.1) is 28.1 Å². The number of benzene rings is 1. The Morgan fingerprint density at radius 1 is 1.50 bits per heavy atom. The van der Waals surface area contributed by atoms with Gasteiger partial charge in [0, 0.05) is 6.61 Å². The third-order valence-electron chi connectivity index (χ3n) is 2.91. The number of ether oxygens (including phenoxy) is 1. The summed E-state index contributed by atoms with van der Waals surface area (Å²) in [6, 6.07) is 3.82. The second kappa shape index (κ2) is 5.99. The van der Waals surface area contributed by atoms with E-state index in [9.17, 15) is 13.2 Å². The Morgan fingerprint density at radius 3 is 2.80 bits per heavy atom. The summed E-state index contributed by atoms with van der Waals surface area (Å²) in [5.41, 5.74) is 0.159. The van der Waals surface area contributed by atoms with Gasteiger partial charge in [-0.15, -0.1) is 0 Å². The highest BCUT2D eigenvalue weighted by molar-refractivity contribution is 7.92. The molecule has 1 atom stereocenters. The Balaban J connectivity index is 2.10. The van der Waals surface area contributed by atoms with E-state index in [2.05, 4.69) is 4.72 Å². The van der Waals surface area contributed by atoms with Gasteiger partial charge in [-0.25, -0.2) is 13.2 Å². The van der Waals surface area contributed by atoms with Gasteiger partial charge in [0.2, 0.25) is 10.0 Å². The number of hydrogen-bond acceptors (Lipinski definition) is 4. The van der Waals surface area contributed by atoms with E-state index in [1.54, 1.807) is 0 Å². The lowest BCUT2D eigenvalue weighted by atomic mass is 10.2. The standard InChI is InChI=1S/C12H14ClNO5S/c13-10-6-8(12(15)16)3-4-11(10)14-20(17,18)7-9-2-1-5-19-9/h3-4,6,9,14H,1-2,5,7H2,(H,15,16). The third-order valence-corrected chi connectivity index (χ3v) is 4.57. The number of carboxylic acids is 1. The summed E-state index contributed by atoms with van der Waals surface area (Å²) >= 11 is 5.87. The predicted molar refractivity (Wildman–Crippen MR) is 74.8 cm³/mol. The minimum absolute atomic E-state index is 0.00271. The van der Waals surface area contributed by atoms with Crippen molar-refractivity contribution in [2.45, 2.75) is 18.9 Å². The number of anilines is 1. The molecule has 110 valence electrons. The second-order valence-electron chi connectivity index (χ2n) is 4.52. The monoisotopic (exact) mass is 319 g/mol. The maximum atomic E-state index is 12.0. The third kappa shape index (κ3) is 3.84. The molecule has 1 heterocycles. The molecule has 0 spiro atoms. The maximum absolute atomic E-state index is 12.0. The first-order valence-corrected chi connectivity index (χ1v) is 8.05. The van der Waals surface area contributed by atoms with Crippen LogP contribution in [0.3, 0.4) is 0 Å². The first kappa shape index (κ1) is 15.1. The molecule has 0 aromatic heterocycles. The largest absolute Gasteiger partial charge is 0.478 e. The van der Waals surface area contributed by atoms with Crippen molar-refractivity contribution in [2.75, 3.05) is 17.1 Å². The number of carboxylic acid groups (broad SMARTS) is 1. The zero-order valence-corrected chi connectivity index (χ0v) is 12.1. The van der Waals surface area contributed by atoms with E-state index >= 15 is 0 Å². The molecule has 1 aromatic rings. The number of nitrogens with one attached hydrogen (secondary N) is 1. The minimum Gasteiger partial charge on any atom is -0.478 e. The van der Waals surface area contributed by atoms with Gasteiger partial charge in [0.25, 0.3) is 0 Å². The molecular formula is C12H14ClNO5S. The Morgan fingerprint density at radius 2 is 2.25 bits per heavy atom. The van der Waals surface area contributed by atoms with Crippen LogP contribution in [0.4, 0.5) is 5.69 Å². The molecule has 8 heteroatoms. The Labute approximate surface area is 121 Å². The molecule has 2 rings (SSSR count). The van der Waals surface area contributed by atoms with Crippen molar-refractivity contribution in [1.82, 2.24) is 0 Å². The van der Waals surface area contributed by atoms with E-state index in [0.29, 0.717) is 13.0 Å². The van der Waals surface area contributed by atoms with Crippen LogP contribution >= 0.6 is 11.6 Å². The van der Waals surface area contributed by atoms with Gasteiger partial charge in [-0.05, 0) is 31.0 Å². The Kier molecular flexibility index (Phi) is 4.52. The molecule has 6 nitrogen and oxygen atoms in total. The molecule has 1 aliphatic heterocycles. The van der Waals surface area contributed by atoms with Gasteiger partial charge in [-0.1, -0.05) is 11.6 Å². The van der Waals surface area contributed by atoms with E-state index in [1.807, 2.05) is 0 Å². The molecule has 0 aliphatic carbocycles. The van der Waals surface area contributed by atoms with E-state index in [0.717, 1.165) is 6.42 Å². The van der Waals surface area contributed by atoms with Crippen molar-refractivity contribution in [1.29, 1.82) is 0 Å². The molecule has 20 heavy (non-hydrogen) atoms. The highest BCUT2D eigenvalue weighted by Crippen LogP contribution is 2.25. The first-order chi connectivity index (χ1) is 9.37. The minimum atomic E-state index is -3.58. The SMILES string of the molecule is O=C(O)c1ccc(NS(=O)(=O)CC2CCCO2)c(Cl)c1. The second-order valence-corrected chi connectivity index (χ2v) is 6.69. The smallest absolute Gasteiger partial charge is 0.335 e. The topological polar surface area (TPSA) is 92.7 Å². The fourth-order valence-corrected chi connectivity index (χ4v) is 3.59. The number of aromatic carboxylic acids is 1. The number of halogens is 1. The highest BCUT2D eigenvalue weighted by atomic mass is 35.5. The van der Waals surface area contributed by atoms with Crippen LogP contribution in [0.1, 0.15) is 23.2 Å². The zero-order chi connectivity index (χ0) is 14.8. The lowest BCUT2D eigenvalue weighted by molar-refractivity contribution is 0.0697. The van der Waals surface area contributed by atoms with Gasteiger partial charge in [-0.3, -0.25) is 4.72 Å². The van der Waals surface area contributed by atoms with Crippen LogP contribution < -0.4 is 4.72 Å². The molecule has 1 aromatic carbocycles. The zero-order valence-electron chi connectivity index (χ0n) is 10.5. The summed E-state index contributed by atoms with van der Waals surface area (Å²) in [5, 5.41) is 8.85. The number of sulfonamides is 1. The molecule has 0 saturated carbocycles. The van der Waals surface area contributed by atoms with Crippen LogP contribution in [-0.4, -0.2) is 38.0 Å². The van der Waals surface area contributed by atoms with Crippen molar-refractivity contribution < 1.29 is 23.1 Å². The van der Waals surface area contributed by atoms with Crippen molar-refractivity contribution in [3.63, 3.8) is 0 Å². The maximum Gasteiger partial charge on any atom is 0.335 e. The molecular weight excluding hydrogens is 306 g/mol. The van der Waals surface area contributed by atoms with Gasteiger partial charge >= 0.3 is 5.97 Å². The summed E-state index contributed by atoms with van der Waals surface area (Å²) < 4.78 is 31.5. The summed E-state index contributed by atoms with van der Waals surface area (Å²) in [4.78, 5) is 10.8. The van der Waals surface area contributed by atoms with E-state index < -0.39 is 16.0 Å². The number of carbonyl (C=O) groups is 1. The quantitative estimate of drug-likeness (QED) is 0.865. The van der Waals surface area contributed by atoms with Crippen molar-refractivity contribution >= 4 is 33.3 Å². The lowest BCUT2D eigenvalue weighted by Crippen LogP contribution is -2.25. The number of hydrogen-bond donors (Lipinski definition) is 2. The van der Waals surface area contributed by atoms with Crippen LogP contribution in [0.5, 0.6) is 0 Å². The molecule has 1 aliphatic rings. The van der Waals surface area contributed by atoms with Crippen LogP contribution in [0.25, 0.3) is 0 Å². The van der Waals surface area contributed by atoms with Crippen LogP contribution in [0.15, 0.2) is 18.2 Å². The van der Waals surface area contributed by atoms with E-state index in [-0.39, 0.29) is 28.1 Å². The molecule has 1 fully saturated rings. The lowest BCUT2D eigenvalue weighted by Gasteiger charge is -2.13. The van der Waals surface area contributed by atoms with Crippen LogP contribution in [0, 0.1) is 0 Å². The van der Waals surface area contributed by atoms with Gasteiger partial charge < -0.3 is 9.84 Å². The molecule has 1 unspecified atom stereocenters. The predicted octanol–water partition coefficient (Wildman–Crippen LogP) is 1.96. The fourth-order valence-electron chi connectivity index (χ4n) is 1.96. The number of rotatable bonds is 5. The van der Waals surface area contributed by atoms with Crippen LogP contribution in [0.2, 0.25) is 5.02 Å². The summed E-state index contributed by atoms with van der Waals surface area (Å²) in [7, 11) is -3.58. The first-order valence-electron chi connectivity index (χ1n) is 6.02. The normalized spacial score (nSPS) is 18.9. The Bertz CT molecular complexity index is 610. The van der Waals surface area contributed by atoms with E-state index in [4.69, 9.17) is 21.4 Å². The molecule has 1 saturated heterocycles. The highest BCUT2D eigenvalue weighted by Gasteiger charge is 2.24. The average molecular weight is 320 g/mol. The molecule has 2 N–H and O–H groups in total. The average Bonchev–Trinajstić information content (AvgIpc) is 2.83. The summed E-state index contributed by atoms with van der Waals surface area (Å²) in [5.74, 6) is -1.26. The van der Waals surface area contributed by atoms with Crippen molar-refractivity contribution in [3.8, 4) is 0 Å². The molecule has 0 amide bonds. The van der Waals surface area contributed by atoms with Gasteiger partial charge in [-0.2, -0.15) is 0 Å². The fraction of sp³-hybridized carbons (Fsp3) is 0.417. The van der Waals surface area contributed by atoms with Crippen LogP contribution in [-0.2, 0) is 14.8 Å². The van der Waals surface area contributed by atoms with Crippen molar-refractivity contribution in [2.24, 2.45) is 0 Å². The van der Waals surface area contributed by atoms with Crippen molar-refractivity contribution in [3.05, 3.63) is 28.8 Å². The van der Waals surface area contributed by atoms with E-state index in [1.165, 1.54) is 18.2 Å².